The smallest absolute Gasteiger partial charge is 0.0385 e. The van der Waals surface area contributed by atoms with Crippen molar-refractivity contribution in [2.75, 3.05) is 6.54 Å². The fourth-order valence-electron chi connectivity index (χ4n) is 2.62. The van der Waals surface area contributed by atoms with Crippen LogP contribution in [0, 0.1) is 0 Å². The first kappa shape index (κ1) is 19.7. The van der Waals surface area contributed by atoms with E-state index in [-0.39, 0.29) is 0 Å². The Hall–Kier alpha value is -0.330. The molecular formula is C19H39N. The van der Waals surface area contributed by atoms with Gasteiger partial charge in [0.1, 0.15) is 0 Å². The second kappa shape index (κ2) is 18.7. The van der Waals surface area contributed by atoms with E-state index in [1.165, 1.54) is 89.9 Å². The molecule has 0 heterocycles. The Morgan fingerprint density at radius 1 is 0.550 bits per heavy atom. The minimum absolute atomic E-state index is 1.05. The van der Waals surface area contributed by atoms with Crippen molar-refractivity contribution >= 4 is 6.21 Å². The molecule has 0 radical (unpaired) electrons. The number of unbranched alkanes of at least 4 members (excludes halogenated alkanes) is 13. The molecule has 0 aliphatic rings. The molecule has 0 amide bonds. The fraction of sp³-hybridized carbons (Fsp3) is 0.947. The van der Waals surface area contributed by atoms with Crippen molar-refractivity contribution in [3.63, 3.8) is 0 Å². The predicted molar refractivity (Wildman–Crippen MR) is 94.0 cm³/mol. The lowest BCUT2D eigenvalue weighted by atomic mass is 10.0. The van der Waals surface area contributed by atoms with Gasteiger partial charge in [-0.1, -0.05) is 97.3 Å². The molecule has 0 aromatic heterocycles. The Morgan fingerprint density at radius 2 is 0.950 bits per heavy atom. The van der Waals surface area contributed by atoms with Gasteiger partial charge in [-0.15, -0.1) is 0 Å². The zero-order chi connectivity index (χ0) is 14.7. The van der Waals surface area contributed by atoms with E-state index in [0.29, 0.717) is 0 Å². The maximum absolute atomic E-state index is 4.36. The minimum atomic E-state index is 1.05. The molecule has 0 N–H and O–H groups in total. The van der Waals surface area contributed by atoms with Crippen LogP contribution in [0.1, 0.15) is 110 Å². The van der Waals surface area contributed by atoms with Gasteiger partial charge in [0.15, 0.2) is 0 Å². The minimum Gasteiger partial charge on any atom is -0.298 e. The van der Waals surface area contributed by atoms with Crippen molar-refractivity contribution < 1.29 is 0 Å². The molecule has 20 heavy (non-hydrogen) atoms. The van der Waals surface area contributed by atoms with Gasteiger partial charge in [0.05, 0.1) is 0 Å². The SMILES string of the molecule is CCC=NCCCCCCCCCCCCCCCC. The molecule has 0 fully saturated rings. The molecule has 0 bridgehead atoms. The summed E-state index contributed by atoms with van der Waals surface area (Å²) in [5.41, 5.74) is 0. The topological polar surface area (TPSA) is 12.4 Å². The van der Waals surface area contributed by atoms with Crippen LogP contribution in [-0.4, -0.2) is 12.8 Å². The molecule has 0 saturated heterocycles. The summed E-state index contributed by atoms with van der Waals surface area (Å²) < 4.78 is 0. The molecule has 0 unspecified atom stereocenters. The van der Waals surface area contributed by atoms with Crippen molar-refractivity contribution in [3.8, 4) is 0 Å². The highest BCUT2D eigenvalue weighted by Crippen LogP contribution is 2.12. The maximum Gasteiger partial charge on any atom is 0.0385 e. The summed E-state index contributed by atoms with van der Waals surface area (Å²) in [6, 6.07) is 0. The van der Waals surface area contributed by atoms with Crippen molar-refractivity contribution in [2.24, 2.45) is 4.99 Å². The van der Waals surface area contributed by atoms with Gasteiger partial charge in [-0.2, -0.15) is 0 Å². The Balaban J connectivity index is 2.94. The van der Waals surface area contributed by atoms with Gasteiger partial charge in [-0.3, -0.25) is 4.99 Å². The molecule has 0 saturated carbocycles. The molecule has 0 aliphatic heterocycles. The van der Waals surface area contributed by atoms with Crippen molar-refractivity contribution in [3.05, 3.63) is 0 Å². The highest BCUT2D eigenvalue weighted by Gasteiger charge is 1.93. The van der Waals surface area contributed by atoms with E-state index >= 15 is 0 Å². The first-order chi connectivity index (χ1) is 9.91. The molecule has 0 rings (SSSR count). The molecule has 1 nitrogen and oxygen atoms in total. The zero-order valence-electron chi connectivity index (χ0n) is 14.3. The largest absolute Gasteiger partial charge is 0.298 e. The number of nitrogens with zero attached hydrogens (tertiary/aromatic N) is 1. The maximum atomic E-state index is 4.36. The van der Waals surface area contributed by atoms with E-state index in [1.807, 2.05) is 6.21 Å². The highest BCUT2D eigenvalue weighted by molar-refractivity contribution is 5.56. The molecule has 1 heteroatoms. The molecule has 120 valence electrons. The van der Waals surface area contributed by atoms with Crippen LogP contribution < -0.4 is 0 Å². The second-order valence-electron chi connectivity index (χ2n) is 6.09. The molecule has 0 spiro atoms. The average Bonchev–Trinajstić information content (AvgIpc) is 2.47. The molecule has 0 aromatic rings. The quantitative estimate of drug-likeness (QED) is 0.214. The third-order valence-corrected chi connectivity index (χ3v) is 3.95. The van der Waals surface area contributed by atoms with Crippen LogP contribution in [0.15, 0.2) is 4.99 Å². The Kier molecular flexibility index (Phi) is 18.4. The van der Waals surface area contributed by atoms with Crippen molar-refractivity contribution in [1.29, 1.82) is 0 Å². The zero-order valence-corrected chi connectivity index (χ0v) is 14.3. The third kappa shape index (κ3) is 17.7. The van der Waals surface area contributed by atoms with Crippen LogP contribution >= 0.6 is 0 Å². The van der Waals surface area contributed by atoms with E-state index in [2.05, 4.69) is 18.8 Å². The van der Waals surface area contributed by atoms with Gasteiger partial charge < -0.3 is 0 Å². The molecule has 0 atom stereocenters. The number of rotatable bonds is 16. The normalized spacial score (nSPS) is 11.5. The summed E-state index contributed by atoms with van der Waals surface area (Å²) in [4.78, 5) is 4.36. The number of hydrogen-bond acceptors (Lipinski definition) is 1. The van der Waals surface area contributed by atoms with Gasteiger partial charge in [0.25, 0.3) is 0 Å². The van der Waals surface area contributed by atoms with Crippen LogP contribution in [-0.2, 0) is 0 Å². The number of hydrogen-bond donors (Lipinski definition) is 0. The molecule has 0 aromatic carbocycles. The Bertz CT molecular complexity index is 186. The summed E-state index contributed by atoms with van der Waals surface area (Å²) >= 11 is 0. The van der Waals surface area contributed by atoms with E-state index in [9.17, 15) is 0 Å². The van der Waals surface area contributed by atoms with Crippen LogP contribution in [0.25, 0.3) is 0 Å². The van der Waals surface area contributed by atoms with Crippen LogP contribution in [0.3, 0.4) is 0 Å². The van der Waals surface area contributed by atoms with Gasteiger partial charge in [-0.25, -0.2) is 0 Å². The van der Waals surface area contributed by atoms with E-state index in [1.54, 1.807) is 0 Å². The van der Waals surface area contributed by atoms with Crippen molar-refractivity contribution in [2.45, 2.75) is 110 Å². The van der Waals surface area contributed by atoms with Gasteiger partial charge in [0.2, 0.25) is 0 Å². The summed E-state index contributed by atoms with van der Waals surface area (Å²) in [6.45, 7) is 5.49. The predicted octanol–water partition coefficient (Wildman–Crippen LogP) is 6.95. The number of aliphatic imine (C=N–C) groups is 1. The summed E-state index contributed by atoms with van der Waals surface area (Å²) in [5, 5.41) is 0. The van der Waals surface area contributed by atoms with Gasteiger partial charge >= 0.3 is 0 Å². The summed E-state index contributed by atoms with van der Waals surface area (Å²) in [7, 11) is 0. The van der Waals surface area contributed by atoms with E-state index in [0.717, 1.165) is 13.0 Å². The Labute approximate surface area is 128 Å². The van der Waals surface area contributed by atoms with Gasteiger partial charge in [-0.05, 0) is 19.1 Å². The van der Waals surface area contributed by atoms with Gasteiger partial charge in [0, 0.05) is 6.54 Å². The Morgan fingerprint density at radius 3 is 1.35 bits per heavy atom. The van der Waals surface area contributed by atoms with Crippen LogP contribution in [0.5, 0.6) is 0 Å². The first-order valence-electron chi connectivity index (χ1n) is 9.40. The standard InChI is InChI=1S/C19H39N/c1-3-5-6-7-8-9-10-11-12-13-14-15-16-17-19-20-18-4-2/h18H,3-17,19H2,1-2H3. The summed E-state index contributed by atoms with van der Waals surface area (Å²) in [6.07, 6.45) is 23.2. The monoisotopic (exact) mass is 281 g/mol. The first-order valence-corrected chi connectivity index (χ1v) is 9.40. The van der Waals surface area contributed by atoms with Crippen LogP contribution in [0.2, 0.25) is 0 Å². The van der Waals surface area contributed by atoms with Crippen LogP contribution in [0.4, 0.5) is 0 Å². The van der Waals surface area contributed by atoms with E-state index < -0.39 is 0 Å². The highest BCUT2D eigenvalue weighted by atomic mass is 14.7. The van der Waals surface area contributed by atoms with E-state index in [4.69, 9.17) is 0 Å². The lowest BCUT2D eigenvalue weighted by molar-refractivity contribution is 0.536. The second-order valence-corrected chi connectivity index (χ2v) is 6.09. The third-order valence-electron chi connectivity index (χ3n) is 3.95. The lowest BCUT2D eigenvalue weighted by Gasteiger charge is -2.02. The summed E-state index contributed by atoms with van der Waals surface area (Å²) in [5.74, 6) is 0. The lowest BCUT2D eigenvalue weighted by Crippen LogP contribution is -1.85. The molecule has 0 aliphatic carbocycles. The molecular weight excluding hydrogens is 242 g/mol. The average molecular weight is 282 g/mol. The fourth-order valence-corrected chi connectivity index (χ4v) is 2.62. The van der Waals surface area contributed by atoms with Crippen molar-refractivity contribution in [1.82, 2.24) is 0 Å².